The smallest absolute Gasteiger partial charge is 0.296 e. The van der Waals surface area contributed by atoms with Crippen molar-refractivity contribution in [1.29, 1.82) is 0 Å². The van der Waals surface area contributed by atoms with E-state index in [0.29, 0.717) is 40.4 Å². The van der Waals surface area contributed by atoms with Gasteiger partial charge in [-0.2, -0.15) is 4.98 Å². The molecule has 0 aromatic carbocycles. The fraction of sp³-hybridized carbons (Fsp3) is 0.389. The molecule has 0 spiro atoms. The van der Waals surface area contributed by atoms with Crippen LogP contribution in [0.1, 0.15) is 0 Å². The van der Waals surface area contributed by atoms with Gasteiger partial charge < -0.3 is 29.0 Å². The molecular weight excluding hydrogens is 388 g/mol. The molecule has 9 nitrogen and oxygen atoms in total. The van der Waals surface area contributed by atoms with Crippen LogP contribution in [0.25, 0.3) is 22.4 Å². The van der Waals surface area contributed by atoms with Crippen LogP contribution in [0.5, 0.6) is 11.9 Å². The first-order chi connectivity index (χ1) is 13.6. The molecule has 0 aliphatic carbocycles. The van der Waals surface area contributed by atoms with Gasteiger partial charge in [-0.15, -0.1) is 0 Å². The van der Waals surface area contributed by atoms with Crippen molar-refractivity contribution in [3.63, 3.8) is 0 Å². The molecule has 0 amide bonds. The lowest BCUT2D eigenvalue weighted by Gasteiger charge is -2.15. The fourth-order valence-corrected chi connectivity index (χ4v) is 3.74. The van der Waals surface area contributed by atoms with Gasteiger partial charge in [0, 0.05) is 17.8 Å². The van der Waals surface area contributed by atoms with Crippen LogP contribution < -0.4 is 9.47 Å². The molecular formula is C18H17ClN4O5. The van der Waals surface area contributed by atoms with Crippen LogP contribution in [0.15, 0.2) is 24.4 Å². The maximum absolute atomic E-state index is 9.83. The highest BCUT2D eigenvalue weighted by atomic mass is 35.5. The quantitative estimate of drug-likeness (QED) is 0.674. The number of hydrogen-bond acceptors (Lipinski definition) is 8. The highest BCUT2D eigenvalue weighted by molar-refractivity contribution is 6.33. The first kappa shape index (κ1) is 17.6. The van der Waals surface area contributed by atoms with Gasteiger partial charge in [-0.1, -0.05) is 11.6 Å². The number of pyridine rings is 2. The van der Waals surface area contributed by atoms with E-state index < -0.39 is 6.10 Å². The second-order valence-electron chi connectivity index (χ2n) is 6.64. The topological polar surface area (TPSA) is 112 Å². The Kier molecular flexibility index (Phi) is 4.31. The number of methoxy groups -OCH3 is 1. The molecule has 0 bridgehead atoms. The number of aliphatic hydroxyl groups excluding tert-OH is 1. The van der Waals surface area contributed by atoms with E-state index >= 15 is 0 Å². The summed E-state index contributed by atoms with van der Waals surface area (Å²) in [6.07, 6.45) is -0.0301. The third kappa shape index (κ3) is 2.96. The van der Waals surface area contributed by atoms with Crippen LogP contribution in [0.3, 0.4) is 0 Å². The monoisotopic (exact) mass is 404 g/mol. The first-order valence-corrected chi connectivity index (χ1v) is 9.15. The first-order valence-electron chi connectivity index (χ1n) is 8.77. The van der Waals surface area contributed by atoms with Crippen molar-refractivity contribution in [1.82, 2.24) is 19.9 Å². The summed E-state index contributed by atoms with van der Waals surface area (Å²) in [4.78, 5) is 16.2. The Morgan fingerprint density at radius 1 is 1.21 bits per heavy atom. The largest absolute Gasteiger partial charge is 0.481 e. The third-order valence-corrected chi connectivity index (χ3v) is 5.16. The molecule has 3 aromatic rings. The average Bonchev–Trinajstić information content (AvgIpc) is 3.38. The zero-order valence-electron chi connectivity index (χ0n) is 14.8. The van der Waals surface area contributed by atoms with Crippen LogP contribution in [0, 0.1) is 0 Å². The second-order valence-corrected chi connectivity index (χ2v) is 7.05. The number of hydrogen-bond donors (Lipinski definition) is 2. The van der Waals surface area contributed by atoms with E-state index in [4.69, 9.17) is 30.5 Å². The van der Waals surface area contributed by atoms with E-state index in [2.05, 4.69) is 19.9 Å². The van der Waals surface area contributed by atoms with Gasteiger partial charge in [-0.05, 0) is 12.1 Å². The molecule has 2 N–H and O–H groups in total. The predicted octanol–water partition coefficient (Wildman–Crippen LogP) is 1.59. The number of fused-ring (bicyclic) bond motifs is 2. The van der Waals surface area contributed by atoms with Gasteiger partial charge in [0.2, 0.25) is 5.88 Å². The Hall–Kier alpha value is -2.46. The average molecular weight is 405 g/mol. The van der Waals surface area contributed by atoms with E-state index in [-0.39, 0.29) is 24.9 Å². The SMILES string of the molecule is COc1ccc(-c2nc3nc(O[C@@H]4CO[C@H]5[C@@H]4OC[C@H]5O)[nH]c3cc2Cl)cn1. The van der Waals surface area contributed by atoms with Gasteiger partial charge in [0.15, 0.2) is 11.8 Å². The van der Waals surface area contributed by atoms with Gasteiger partial charge >= 0.3 is 0 Å². The maximum atomic E-state index is 9.83. The van der Waals surface area contributed by atoms with Crippen LogP contribution in [0.2, 0.25) is 5.02 Å². The van der Waals surface area contributed by atoms with Crippen molar-refractivity contribution in [2.75, 3.05) is 20.3 Å². The lowest BCUT2D eigenvalue weighted by Crippen LogP contribution is -2.34. The number of nitrogens with one attached hydrogen (secondary N) is 1. The van der Waals surface area contributed by atoms with Gasteiger partial charge in [0.05, 0.1) is 36.6 Å². The molecule has 28 heavy (non-hydrogen) atoms. The Bertz CT molecular complexity index is 1010. The molecule has 2 aliphatic rings. The van der Waals surface area contributed by atoms with Crippen molar-refractivity contribution in [2.24, 2.45) is 0 Å². The molecule has 5 rings (SSSR count). The number of aromatic amines is 1. The highest BCUT2D eigenvalue weighted by Gasteiger charge is 2.48. The Morgan fingerprint density at radius 2 is 2.07 bits per heavy atom. The van der Waals surface area contributed by atoms with Crippen molar-refractivity contribution in [3.8, 4) is 23.1 Å². The normalized spacial score (nSPS) is 26.5. The highest BCUT2D eigenvalue weighted by Crippen LogP contribution is 2.32. The summed E-state index contributed by atoms with van der Waals surface area (Å²) >= 11 is 6.40. The van der Waals surface area contributed by atoms with Crippen LogP contribution >= 0.6 is 11.6 Å². The van der Waals surface area contributed by atoms with Crippen molar-refractivity contribution in [2.45, 2.75) is 24.4 Å². The number of halogens is 1. The number of rotatable bonds is 4. The number of imidazole rings is 1. The Balaban J connectivity index is 1.41. The van der Waals surface area contributed by atoms with Crippen molar-refractivity contribution >= 4 is 22.8 Å². The van der Waals surface area contributed by atoms with Gasteiger partial charge in [0.1, 0.15) is 18.3 Å². The molecule has 4 atom stereocenters. The maximum Gasteiger partial charge on any atom is 0.296 e. The Morgan fingerprint density at radius 3 is 2.86 bits per heavy atom. The molecule has 10 heteroatoms. The fourth-order valence-electron chi connectivity index (χ4n) is 3.48. The van der Waals surface area contributed by atoms with Crippen molar-refractivity contribution < 1.29 is 24.1 Å². The summed E-state index contributed by atoms with van der Waals surface area (Å²) in [6.45, 7) is 0.562. The van der Waals surface area contributed by atoms with Gasteiger partial charge in [0.25, 0.3) is 6.01 Å². The van der Waals surface area contributed by atoms with Gasteiger partial charge in [-0.25, -0.2) is 9.97 Å². The lowest BCUT2D eigenvalue weighted by molar-refractivity contribution is 0.00706. The molecule has 3 aromatic heterocycles. The number of nitrogens with zero attached hydrogens (tertiary/aromatic N) is 3. The third-order valence-electron chi connectivity index (χ3n) is 4.87. The molecule has 2 saturated heterocycles. The Labute approximate surface area is 164 Å². The molecule has 0 saturated carbocycles. The van der Waals surface area contributed by atoms with Gasteiger partial charge in [-0.3, -0.25) is 0 Å². The van der Waals surface area contributed by atoms with E-state index in [1.807, 2.05) is 6.07 Å². The minimum absolute atomic E-state index is 0.242. The lowest BCUT2D eigenvalue weighted by atomic mass is 10.1. The van der Waals surface area contributed by atoms with E-state index in [1.54, 1.807) is 25.4 Å². The summed E-state index contributed by atoms with van der Waals surface area (Å²) in [6, 6.07) is 5.60. The van der Waals surface area contributed by atoms with E-state index in [9.17, 15) is 5.11 Å². The molecule has 2 aliphatic heterocycles. The summed E-state index contributed by atoms with van der Waals surface area (Å²) in [5.41, 5.74) is 2.42. The minimum Gasteiger partial charge on any atom is -0.481 e. The number of ether oxygens (including phenoxy) is 4. The summed E-state index contributed by atoms with van der Waals surface area (Å²) < 4.78 is 22.1. The van der Waals surface area contributed by atoms with Crippen LogP contribution in [-0.2, 0) is 9.47 Å². The van der Waals surface area contributed by atoms with E-state index in [0.717, 1.165) is 5.56 Å². The van der Waals surface area contributed by atoms with Crippen LogP contribution in [-0.4, -0.2) is 69.8 Å². The molecule has 146 valence electrons. The molecule has 0 radical (unpaired) electrons. The molecule has 5 heterocycles. The number of aromatic nitrogens is 4. The molecule has 0 unspecified atom stereocenters. The zero-order chi connectivity index (χ0) is 19.3. The number of aliphatic hydroxyl groups is 1. The van der Waals surface area contributed by atoms with E-state index in [1.165, 1.54) is 0 Å². The second kappa shape index (κ2) is 6.85. The van der Waals surface area contributed by atoms with Crippen LogP contribution in [0.4, 0.5) is 0 Å². The summed E-state index contributed by atoms with van der Waals surface area (Å²) in [5.74, 6) is 0.507. The van der Waals surface area contributed by atoms with Crippen molar-refractivity contribution in [3.05, 3.63) is 29.4 Å². The summed E-state index contributed by atoms with van der Waals surface area (Å²) in [7, 11) is 1.56. The standard InChI is InChI=1S/C18H17ClN4O5/c1-25-13-3-2-8(5-20-13)14-9(19)4-10-17(22-14)23-18(21-10)28-12-7-27-15-11(24)6-26-16(12)15/h2-5,11-12,15-16,24H,6-7H2,1H3,(H,21,22,23)/t11-,12-,15-,16-/m1/s1. The predicted molar refractivity (Wildman–Crippen MR) is 98.6 cm³/mol. The summed E-state index contributed by atoms with van der Waals surface area (Å²) in [5, 5.41) is 10.3. The molecule has 2 fully saturated rings. The zero-order valence-corrected chi connectivity index (χ0v) is 15.6. The minimum atomic E-state index is -0.629. The number of H-pyrrole nitrogens is 1.